The van der Waals surface area contributed by atoms with E-state index in [4.69, 9.17) is 4.98 Å². The predicted octanol–water partition coefficient (Wildman–Crippen LogP) is 6.66. The van der Waals surface area contributed by atoms with Gasteiger partial charge < -0.3 is 14.2 Å². The van der Waals surface area contributed by atoms with Crippen molar-refractivity contribution in [2.24, 2.45) is 17.3 Å². The molecule has 6 aromatic rings. The summed E-state index contributed by atoms with van der Waals surface area (Å²) < 4.78 is 5.57. The molecule has 0 saturated carbocycles. The fourth-order valence-corrected chi connectivity index (χ4v) is 5.05. The van der Waals surface area contributed by atoms with Crippen LogP contribution in [0.4, 0.5) is 5.69 Å². The minimum absolute atomic E-state index is 0.00539. The lowest BCUT2D eigenvalue weighted by molar-refractivity contribution is 0.0990. The lowest BCUT2D eigenvalue weighted by atomic mass is 10.1. The zero-order valence-electron chi connectivity index (χ0n) is 20.9. The molecule has 6 rings (SSSR count). The number of carbonyl (C=O) groups is 1. The summed E-state index contributed by atoms with van der Waals surface area (Å²) in [5, 5.41) is 20.2. The average molecular weight is 491 g/mol. The monoisotopic (exact) mass is 490 g/mol. The summed E-state index contributed by atoms with van der Waals surface area (Å²) >= 11 is 0. The summed E-state index contributed by atoms with van der Waals surface area (Å²) in [6.45, 7) is 4.59. The van der Waals surface area contributed by atoms with E-state index in [1.807, 2.05) is 95.7 Å². The number of fused-ring (bicyclic) bond motifs is 4. The van der Waals surface area contributed by atoms with Crippen LogP contribution in [0.3, 0.4) is 0 Å². The summed E-state index contributed by atoms with van der Waals surface area (Å²) in [5.41, 5.74) is 5.74. The number of hydrogen-bond acceptors (Lipinski definition) is 4. The number of aryl methyl sites for hydroxylation is 3. The molecule has 3 heterocycles. The topological polar surface area (TPSA) is 89.2 Å². The molecule has 0 fully saturated rings. The Morgan fingerprint density at radius 2 is 1.68 bits per heavy atom. The van der Waals surface area contributed by atoms with Crippen LogP contribution >= 0.6 is 0 Å². The molecule has 0 aliphatic rings. The van der Waals surface area contributed by atoms with Crippen molar-refractivity contribution >= 4 is 39.3 Å². The van der Waals surface area contributed by atoms with Gasteiger partial charge in [-0.15, -0.1) is 10.2 Å². The molecule has 0 saturated heterocycles. The van der Waals surface area contributed by atoms with Gasteiger partial charge in [-0.2, -0.15) is 0 Å². The van der Waals surface area contributed by atoms with E-state index in [1.54, 1.807) is 4.57 Å². The van der Waals surface area contributed by atoms with Crippen LogP contribution < -0.4 is 0 Å². The van der Waals surface area contributed by atoms with Crippen molar-refractivity contribution in [1.29, 1.82) is 0 Å². The van der Waals surface area contributed by atoms with Gasteiger partial charge in [0.15, 0.2) is 5.69 Å². The first-order valence-corrected chi connectivity index (χ1v) is 12.3. The van der Waals surface area contributed by atoms with E-state index >= 15 is 0 Å². The standard InChI is InChI=1S/C29H26N6O2/c1-4-18-15-16-21-20(17-18)25(28(37)34(21)5-2)31-32-27(36)26-24(19-11-7-6-8-12-19)30-29-33(3)22-13-9-10-14-23(22)35(26)29/h6-17,37H,4-5H2,1-3H3. The second kappa shape index (κ2) is 8.74. The molecular weight excluding hydrogens is 464 g/mol. The average Bonchev–Trinajstić information content (AvgIpc) is 3.55. The highest BCUT2D eigenvalue weighted by Gasteiger charge is 2.25. The number of para-hydroxylation sites is 2. The molecule has 3 aromatic carbocycles. The van der Waals surface area contributed by atoms with Crippen molar-refractivity contribution in [1.82, 2.24) is 18.5 Å². The highest BCUT2D eigenvalue weighted by atomic mass is 16.3. The van der Waals surface area contributed by atoms with Crippen molar-refractivity contribution in [3.8, 4) is 17.1 Å². The molecular formula is C29H26N6O2. The number of azo groups is 1. The first-order chi connectivity index (χ1) is 18.0. The molecule has 0 radical (unpaired) electrons. The molecule has 1 N–H and O–H groups in total. The minimum atomic E-state index is -0.536. The Hall–Kier alpha value is -4.72. The maximum absolute atomic E-state index is 13.8. The van der Waals surface area contributed by atoms with Crippen molar-refractivity contribution < 1.29 is 9.90 Å². The predicted molar refractivity (Wildman–Crippen MR) is 145 cm³/mol. The molecule has 0 aliphatic heterocycles. The lowest BCUT2D eigenvalue weighted by Crippen LogP contribution is -2.01. The Kier molecular flexibility index (Phi) is 5.37. The highest BCUT2D eigenvalue weighted by molar-refractivity contribution is 6.03. The van der Waals surface area contributed by atoms with Gasteiger partial charge in [0.25, 0.3) is 0 Å². The van der Waals surface area contributed by atoms with Gasteiger partial charge in [-0.05, 0) is 43.2 Å². The van der Waals surface area contributed by atoms with E-state index in [2.05, 4.69) is 17.2 Å². The van der Waals surface area contributed by atoms with Gasteiger partial charge >= 0.3 is 5.91 Å². The summed E-state index contributed by atoms with van der Waals surface area (Å²) in [6, 6.07) is 23.4. The summed E-state index contributed by atoms with van der Waals surface area (Å²) in [7, 11) is 1.93. The number of carbonyl (C=O) groups excluding carboxylic acids is 1. The fourth-order valence-electron chi connectivity index (χ4n) is 5.05. The van der Waals surface area contributed by atoms with Crippen molar-refractivity contribution in [3.05, 3.63) is 84.1 Å². The largest absolute Gasteiger partial charge is 0.493 e. The van der Waals surface area contributed by atoms with E-state index in [9.17, 15) is 9.90 Å². The van der Waals surface area contributed by atoms with Crippen LogP contribution in [0.5, 0.6) is 5.88 Å². The quantitative estimate of drug-likeness (QED) is 0.274. The van der Waals surface area contributed by atoms with Crippen molar-refractivity contribution in [2.45, 2.75) is 26.8 Å². The van der Waals surface area contributed by atoms with Gasteiger partial charge in [0.1, 0.15) is 11.4 Å². The number of nitrogens with zero attached hydrogens (tertiary/aromatic N) is 6. The van der Waals surface area contributed by atoms with Crippen LogP contribution in [0.25, 0.3) is 39.0 Å². The molecule has 0 aliphatic carbocycles. The molecule has 8 nitrogen and oxygen atoms in total. The minimum Gasteiger partial charge on any atom is -0.493 e. The van der Waals surface area contributed by atoms with Crippen LogP contribution in [0.15, 0.2) is 83.0 Å². The second-order valence-corrected chi connectivity index (χ2v) is 8.98. The van der Waals surface area contributed by atoms with E-state index in [0.717, 1.165) is 39.5 Å². The first kappa shape index (κ1) is 22.7. The third-order valence-corrected chi connectivity index (χ3v) is 6.93. The van der Waals surface area contributed by atoms with Gasteiger partial charge in [-0.1, -0.05) is 55.5 Å². The van der Waals surface area contributed by atoms with Crippen LogP contribution in [-0.4, -0.2) is 29.5 Å². The maximum atomic E-state index is 13.8. The maximum Gasteiger partial charge on any atom is 0.314 e. The van der Waals surface area contributed by atoms with Gasteiger partial charge in [-0.25, -0.2) is 4.98 Å². The number of amides is 1. The van der Waals surface area contributed by atoms with E-state index < -0.39 is 5.91 Å². The molecule has 3 aromatic heterocycles. The molecule has 8 heteroatoms. The number of aromatic hydroxyl groups is 1. The molecule has 0 unspecified atom stereocenters. The number of aromatic nitrogens is 4. The van der Waals surface area contributed by atoms with E-state index in [1.165, 1.54) is 0 Å². The Morgan fingerprint density at radius 1 is 0.946 bits per heavy atom. The van der Waals surface area contributed by atoms with Gasteiger partial charge in [0, 0.05) is 24.5 Å². The normalized spacial score (nSPS) is 12.0. The molecule has 37 heavy (non-hydrogen) atoms. The number of hydrogen-bond donors (Lipinski definition) is 1. The van der Waals surface area contributed by atoms with Crippen molar-refractivity contribution in [3.63, 3.8) is 0 Å². The summed E-state index contributed by atoms with van der Waals surface area (Å²) in [6.07, 6.45) is 0.846. The van der Waals surface area contributed by atoms with Crippen LogP contribution in [0.2, 0.25) is 0 Å². The van der Waals surface area contributed by atoms with Crippen LogP contribution in [0.1, 0.15) is 29.9 Å². The second-order valence-electron chi connectivity index (χ2n) is 8.98. The van der Waals surface area contributed by atoms with E-state index in [0.29, 0.717) is 29.4 Å². The first-order valence-electron chi connectivity index (χ1n) is 12.3. The number of rotatable bonds is 5. The number of imidazole rings is 2. The van der Waals surface area contributed by atoms with Gasteiger partial charge in [-0.3, -0.25) is 9.20 Å². The fraction of sp³-hybridized carbons (Fsp3) is 0.172. The Bertz CT molecular complexity index is 1840. The van der Waals surface area contributed by atoms with Gasteiger partial charge in [0.2, 0.25) is 11.7 Å². The summed E-state index contributed by atoms with van der Waals surface area (Å²) in [4.78, 5) is 18.6. The third-order valence-electron chi connectivity index (χ3n) is 6.93. The van der Waals surface area contributed by atoms with E-state index in [-0.39, 0.29) is 5.88 Å². The Balaban J connectivity index is 1.56. The molecule has 0 atom stereocenters. The molecule has 184 valence electrons. The zero-order chi connectivity index (χ0) is 25.7. The Labute approximate surface area is 213 Å². The SMILES string of the molecule is CCc1ccc2c(c1)c(N=NC(=O)c1c(-c3ccccc3)nc3n(C)c4ccccc4n13)c(O)n2CC. The zero-order valence-corrected chi connectivity index (χ0v) is 20.9. The number of benzene rings is 3. The smallest absolute Gasteiger partial charge is 0.314 e. The molecule has 1 amide bonds. The van der Waals surface area contributed by atoms with Crippen LogP contribution in [0, 0.1) is 0 Å². The third kappa shape index (κ3) is 3.44. The summed E-state index contributed by atoms with van der Waals surface area (Å²) in [5.74, 6) is 0.0944. The van der Waals surface area contributed by atoms with Crippen LogP contribution in [-0.2, 0) is 20.0 Å². The lowest BCUT2D eigenvalue weighted by Gasteiger charge is -2.02. The molecule has 0 bridgehead atoms. The highest BCUT2D eigenvalue weighted by Crippen LogP contribution is 2.40. The molecule has 0 spiro atoms. The van der Waals surface area contributed by atoms with Gasteiger partial charge in [0.05, 0.1) is 16.6 Å². The van der Waals surface area contributed by atoms with Crippen molar-refractivity contribution in [2.75, 3.05) is 0 Å². The Morgan fingerprint density at radius 3 is 2.41 bits per heavy atom.